The van der Waals surface area contributed by atoms with E-state index in [4.69, 9.17) is 9.84 Å². The first-order chi connectivity index (χ1) is 8.68. The Balaban J connectivity index is 2.25. The molecular weight excluding hydrogens is 232 g/mol. The highest BCUT2D eigenvalue weighted by Crippen LogP contribution is 2.27. The molecule has 2 N–H and O–H groups in total. The third kappa shape index (κ3) is 2.94. The molecular formula is C13H16N2O3. The summed E-state index contributed by atoms with van der Waals surface area (Å²) in [7, 11) is 0. The summed E-state index contributed by atoms with van der Waals surface area (Å²) >= 11 is 0. The molecule has 0 spiro atoms. The Morgan fingerprint density at radius 3 is 3.11 bits per heavy atom. The minimum absolute atomic E-state index is 0.261. The Hall–Kier alpha value is -1.72. The van der Waals surface area contributed by atoms with Crippen LogP contribution in [0.1, 0.15) is 18.9 Å². The van der Waals surface area contributed by atoms with E-state index in [9.17, 15) is 4.79 Å². The molecule has 18 heavy (non-hydrogen) atoms. The second-order valence-electron chi connectivity index (χ2n) is 4.14. The summed E-state index contributed by atoms with van der Waals surface area (Å²) in [5.41, 5.74) is 1.92. The molecule has 0 saturated carbocycles. The summed E-state index contributed by atoms with van der Waals surface area (Å²) in [6.07, 6.45) is 3.34. The first-order valence-corrected chi connectivity index (χ1v) is 5.93. The number of carbonyl (C=O) groups excluding carboxylic acids is 1. The molecule has 0 fully saturated rings. The highest BCUT2D eigenvalue weighted by molar-refractivity contribution is 5.79. The van der Waals surface area contributed by atoms with Crippen LogP contribution in [0, 0.1) is 0 Å². The third-order valence-corrected chi connectivity index (χ3v) is 2.72. The molecule has 96 valence electrons. The van der Waals surface area contributed by atoms with Gasteiger partial charge in [0.15, 0.2) is 0 Å². The van der Waals surface area contributed by atoms with Crippen molar-refractivity contribution >= 4 is 11.5 Å². The van der Waals surface area contributed by atoms with Crippen LogP contribution in [0.4, 0.5) is 0 Å². The van der Waals surface area contributed by atoms with Gasteiger partial charge in [-0.3, -0.25) is 0 Å². The molecule has 1 aliphatic heterocycles. The average Bonchev–Trinajstić information content (AvgIpc) is 2.40. The van der Waals surface area contributed by atoms with Crippen LogP contribution >= 0.6 is 0 Å². The highest BCUT2D eigenvalue weighted by atomic mass is 16.6. The van der Waals surface area contributed by atoms with Crippen molar-refractivity contribution in [3.63, 3.8) is 0 Å². The van der Waals surface area contributed by atoms with E-state index in [0.29, 0.717) is 0 Å². The molecule has 0 aromatic carbocycles. The molecule has 1 aliphatic rings. The zero-order chi connectivity index (χ0) is 13.0. The molecule has 1 atom stereocenters. The molecule has 1 unspecified atom stereocenters. The Labute approximate surface area is 105 Å². The molecule has 2 rings (SSSR count). The number of hydrogen-bond acceptors (Lipinski definition) is 5. The normalized spacial score (nSPS) is 16.9. The van der Waals surface area contributed by atoms with Gasteiger partial charge in [-0.2, -0.15) is 0 Å². The second-order valence-corrected chi connectivity index (χ2v) is 4.14. The van der Waals surface area contributed by atoms with Gasteiger partial charge in [0.05, 0.1) is 0 Å². The van der Waals surface area contributed by atoms with Crippen molar-refractivity contribution < 1.29 is 14.6 Å². The number of aliphatic hydroxyl groups is 1. The molecule has 1 aromatic rings. The lowest BCUT2D eigenvalue weighted by Gasteiger charge is -2.16. The Morgan fingerprint density at radius 1 is 1.61 bits per heavy atom. The SMILES string of the molecule is CC(O)C(=O)Oc1ncccc1C1=CCNCC1. The van der Waals surface area contributed by atoms with E-state index in [1.165, 1.54) is 6.92 Å². The Bertz CT molecular complexity index is 469. The first kappa shape index (κ1) is 12.7. The molecule has 0 amide bonds. The monoisotopic (exact) mass is 248 g/mol. The number of carbonyl (C=O) groups is 1. The summed E-state index contributed by atoms with van der Waals surface area (Å²) in [5, 5.41) is 12.4. The molecule has 0 radical (unpaired) electrons. The van der Waals surface area contributed by atoms with Crippen molar-refractivity contribution in [2.24, 2.45) is 0 Å². The van der Waals surface area contributed by atoms with E-state index in [2.05, 4.69) is 16.4 Å². The predicted molar refractivity (Wildman–Crippen MR) is 67.0 cm³/mol. The third-order valence-electron chi connectivity index (χ3n) is 2.72. The van der Waals surface area contributed by atoms with Crippen LogP contribution in [0.3, 0.4) is 0 Å². The summed E-state index contributed by atoms with van der Waals surface area (Å²) in [6.45, 7) is 3.06. The maximum atomic E-state index is 11.4. The number of esters is 1. The topological polar surface area (TPSA) is 71.5 Å². The van der Waals surface area contributed by atoms with Crippen molar-refractivity contribution in [2.45, 2.75) is 19.4 Å². The molecule has 0 aliphatic carbocycles. The minimum atomic E-state index is -1.15. The lowest BCUT2D eigenvalue weighted by Crippen LogP contribution is -2.24. The summed E-state index contributed by atoms with van der Waals surface area (Å²) in [6, 6.07) is 3.67. The van der Waals surface area contributed by atoms with Gasteiger partial charge in [0.1, 0.15) is 6.10 Å². The van der Waals surface area contributed by atoms with Crippen molar-refractivity contribution in [2.75, 3.05) is 13.1 Å². The van der Waals surface area contributed by atoms with Crippen LogP contribution in [-0.4, -0.2) is 35.3 Å². The van der Waals surface area contributed by atoms with Gasteiger partial charge in [-0.05, 0) is 37.6 Å². The van der Waals surface area contributed by atoms with Crippen LogP contribution in [0.2, 0.25) is 0 Å². The molecule has 5 nitrogen and oxygen atoms in total. The van der Waals surface area contributed by atoms with Crippen LogP contribution < -0.4 is 10.1 Å². The van der Waals surface area contributed by atoms with Gasteiger partial charge < -0.3 is 15.2 Å². The number of aromatic nitrogens is 1. The van der Waals surface area contributed by atoms with E-state index in [0.717, 1.165) is 30.6 Å². The number of nitrogens with one attached hydrogen (secondary N) is 1. The maximum absolute atomic E-state index is 11.4. The van der Waals surface area contributed by atoms with Crippen LogP contribution in [0.5, 0.6) is 5.88 Å². The fourth-order valence-electron chi connectivity index (χ4n) is 1.76. The standard InChI is InChI=1S/C13H16N2O3/c1-9(16)13(17)18-12-11(3-2-6-15-12)10-4-7-14-8-5-10/h2-4,6,9,14,16H,5,7-8H2,1H3. The molecule has 0 saturated heterocycles. The van der Waals surface area contributed by atoms with E-state index >= 15 is 0 Å². The van der Waals surface area contributed by atoms with Crippen LogP contribution in [-0.2, 0) is 4.79 Å². The Morgan fingerprint density at radius 2 is 2.44 bits per heavy atom. The smallest absolute Gasteiger partial charge is 0.341 e. The number of aliphatic hydroxyl groups excluding tert-OH is 1. The predicted octanol–water partition coefficient (Wildman–Crippen LogP) is 0.744. The molecule has 1 aromatic heterocycles. The molecule has 0 bridgehead atoms. The van der Waals surface area contributed by atoms with Gasteiger partial charge in [-0.15, -0.1) is 0 Å². The van der Waals surface area contributed by atoms with E-state index in [-0.39, 0.29) is 5.88 Å². The van der Waals surface area contributed by atoms with Gasteiger partial charge in [-0.25, -0.2) is 9.78 Å². The maximum Gasteiger partial charge on any atom is 0.341 e. The number of ether oxygens (including phenoxy) is 1. The fraction of sp³-hybridized carbons (Fsp3) is 0.385. The van der Waals surface area contributed by atoms with Gasteiger partial charge in [0.2, 0.25) is 5.88 Å². The minimum Gasteiger partial charge on any atom is -0.405 e. The van der Waals surface area contributed by atoms with Gasteiger partial charge in [0, 0.05) is 18.3 Å². The lowest BCUT2D eigenvalue weighted by molar-refractivity contribution is -0.143. The van der Waals surface area contributed by atoms with Gasteiger partial charge in [0.25, 0.3) is 0 Å². The van der Waals surface area contributed by atoms with Gasteiger partial charge in [-0.1, -0.05) is 6.08 Å². The van der Waals surface area contributed by atoms with Crippen molar-refractivity contribution in [3.05, 3.63) is 30.0 Å². The average molecular weight is 248 g/mol. The highest BCUT2D eigenvalue weighted by Gasteiger charge is 2.17. The second kappa shape index (κ2) is 5.75. The zero-order valence-corrected chi connectivity index (χ0v) is 10.2. The largest absolute Gasteiger partial charge is 0.405 e. The van der Waals surface area contributed by atoms with E-state index in [1.807, 2.05) is 6.07 Å². The van der Waals surface area contributed by atoms with E-state index < -0.39 is 12.1 Å². The summed E-state index contributed by atoms with van der Waals surface area (Å²) in [5.74, 6) is -0.430. The number of pyridine rings is 1. The van der Waals surface area contributed by atoms with Gasteiger partial charge >= 0.3 is 5.97 Å². The lowest BCUT2D eigenvalue weighted by atomic mass is 10.0. The number of hydrogen-bond donors (Lipinski definition) is 2. The Kier molecular flexibility index (Phi) is 4.07. The van der Waals surface area contributed by atoms with Crippen molar-refractivity contribution in [3.8, 4) is 5.88 Å². The number of nitrogens with zero attached hydrogens (tertiary/aromatic N) is 1. The van der Waals surface area contributed by atoms with Crippen LogP contribution in [0.25, 0.3) is 5.57 Å². The number of rotatable bonds is 3. The van der Waals surface area contributed by atoms with Crippen molar-refractivity contribution in [1.29, 1.82) is 0 Å². The zero-order valence-electron chi connectivity index (χ0n) is 10.2. The van der Waals surface area contributed by atoms with Crippen LogP contribution in [0.15, 0.2) is 24.4 Å². The molecule has 2 heterocycles. The van der Waals surface area contributed by atoms with E-state index in [1.54, 1.807) is 12.3 Å². The summed E-state index contributed by atoms with van der Waals surface area (Å²) in [4.78, 5) is 15.5. The fourth-order valence-corrected chi connectivity index (χ4v) is 1.76. The summed E-state index contributed by atoms with van der Waals surface area (Å²) < 4.78 is 5.10. The van der Waals surface area contributed by atoms with Crippen molar-refractivity contribution in [1.82, 2.24) is 10.3 Å². The quantitative estimate of drug-likeness (QED) is 0.772. The first-order valence-electron chi connectivity index (χ1n) is 5.93. The molecule has 5 heteroatoms.